The van der Waals surface area contributed by atoms with Gasteiger partial charge in [-0.25, -0.2) is 0 Å². The summed E-state index contributed by atoms with van der Waals surface area (Å²) in [5, 5.41) is 0. The molecule has 0 aromatic heterocycles. The highest BCUT2D eigenvalue weighted by Gasteiger charge is 2.57. The molecule has 10 N–H and O–H groups in total. The van der Waals surface area contributed by atoms with Crippen molar-refractivity contribution in [3.8, 4) is 0 Å². The van der Waals surface area contributed by atoms with Gasteiger partial charge < -0.3 is 48.9 Å². The summed E-state index contributed by atoms with van der Waals surface area (Å²) in [5.41, 5.74) is -9.08. The zero-order valence-corrected chi connectivity index (χ0v) is 16.4. The largest absolute Gasteiger partial charge is 0.330 e. The van der Waals surface area contributed by atoms with Crippen molar-refractivity contribution in [2.24, 2.45) is 0 Å². The molecule has 158 valence electrons. The Hall–Kier alpha value is 0.815. The molecule has 0 rings (SSSR count). The van der Waals surface area contributed by atoms with Crippen LogP contribution in [0.1, 0.15) is 0 Å². The van der Waals surface area contributed by atoms with Crippen LogP contribution in [0.15, 0.2) is 0 Å². The van der Waals surface area contributed by atoms with Crippen LogP contribution in [0, 0.1) is 0 Å². The first-order chi connectivity index (χ1) is 10.6. The summed E-state index contributed by atoms with van der Waals surface area (Å²) >= 11 is 0. The SMILES string of the molecule is B.O=P(O)(O)CC(C(C(CP(=O)(O)O)P(=O)(O)O)P(=O)(O)O)P(=O)(O)O. The van der Waals surface area contributed by atoms with Gasteiger partial charge in [0.1, 0.15) is 0 Å². The van der Waals surface area contributed by atoms with Gasteiger partial charge in [0.2, 0.25) is 0 Å². The maximum Gasteiger partial charge on any atom is 0.330 e. The molecule has 0 fully saturated rings. The van der Waals surface area contributed by atoms with Gasteiger partial charge in [-0.05, 0) is 0 Å². The molecule has 0 amide bonds. The summed E-state index contributed by atoms with van der Waals surface area (Å²) in [7, 11) is -28.2. The van der Waals surface area contributed by atoms with Gasteiger partial charge >= 0.3 is 38.0 Å². The third-order valence-electron chi connectivity index (χ3n) is 2.89. The average Bonchev–Trinajstić information content (AvgIpc) is 2.18. The molecular formula is C5H20BO15P5. The maximum absolute atomic E-state index is 11.6. The summed E-state index contributed by atoms with van der Waals surface area (Å²) in [6.07, 6.45) is -3.77. The van der Waals surface area contributed by atoms with Crippen LogP contribution < -0.4 is 0 Å². The molecule has 0 aliphatic heterocycles. The Morgan fingerprint density at radius 3 is 0.846 bits per heavy atom. The Bertz CT molecular complexity index is 654. The minimum atomic E-state index is -5.92. The Morgan fingerprint density at radius 1 is 0.500 bits per heavy atom. The molecule has 0 heterocycles. The molecule has 21 heteroatoms. The smallest absolute Gasteiger partial charge is 0.324 e. The molecule has 0 aliphatic rings. The Balaban J connectivity index is 0. The second-order valence-corrected chi connectivity index (χ2v) is 13.9. The van der Waals surface area contributed by atoms with Crippen molar-refractivity contribution in [1.29, 1.82) is 0 Å². The van der Waals surface area contributed by atoms with E-state index in [1.165, 1.54) is 0 Å². The highest BCUT2D eigenvalue weighted by atomic mass is 31.2. The van der Waals surface area contributed by atoms with Gasteiger partial charge in [0.15, 0.2) is 0 Å². The van der Waals surface area contributed by atoms with Crippen molar-refractivity contribution in [2.45, 2.75) is 17.0 Å². The average molecular weight is 486 g/mol. The standard InChI is InChI=1S/C5H17O15P5.BH3/c6-21(7,8)1-3(23(12,13)14)5(25(18,19)20)4(24(15,16)17)2-22(9,10)11;/h3-5H,1-2H2,(H2,6,7,8)(H2,9,10,11)(H2,12,13,14)(H2,15,16,17)(H2,18,19,20);1H3. The van der Waals surface area contributed by atoms with Gasteiger partial charge in [-0.15, -0.1) is 0 Å². The third kappa shape index (κ3) is 10.4. The first kappa shape index (κ1) is 29.0. The zero-order valence-electron chi connectivity index (χ0n) is 11.9. The van der Waals surface area contributed by atoms with Crippen molar-refractivity contribution < 1.29 is 71.8 Å². The van der Waals surface area contributed by atoms with Crippen LogP contribution in [0.3, 0.4) is 0 Å². The first-order valence-corrected chi connectivity index (χ1v) is 14.4. The van der Waals surface area contributed by atoms with Crippen molar-refractivity contribution in [2.75, 3.05) is 12.3 Å². The second-order valence-electron chi connectivity index (χ2n) is 5.09. The van der Waals surface area contributed by atoms with E-state index in [-0.39, 0.29) is 8.41 Å². The van der Waals surface area contributed by atoms with Crippen molar-refractivity contribution in [1.82, 2.24) is 0 Å². The minimum Gasteiger partial charge on any atom is -0.324 e. The Labute approximate surface area is 148 Å². The van der Waals surface area contributed by atoms with Crippen LogP contribution in [-0.2, 0) is 22.8 Å². The van der Waals surface area contributed by atoms with E-state index < -0.39 is 67.3 Å². The van der Waals surface area contributed by atoms with Crippen LogP contribution >= 0.6 is 38.0 Å². The van der Waals surface area contributed by atoms with E-state index >= 15 is 0 Å². The molecule has 0 radical (unpaired) electrons. The summed E-state index contributed by atoms with van der Waals surface area (Å²) in [6.45, 7) is 0. The van der Waals surface area contributed by atoms with Crippen LogP contribution in [-0.4, -0.2) is 86.6 Å². The number of hydrogen-bond acceptors (Lipinski definition) is 5. The summed E-state index contributed by atoms with van der Waals surface area (Å²) in [6, 6.07) is 0. The number of rotatable bonds is 9. The topological polar surface area (TPSA) is 288 Å². The Morgan fingerprint density at radius 2 is 0.731 bits per heavy atom. The lowest BCUT2D eigenvalue weighted by Crippen LogP contribution is -2.41. The maximum atomic E-state index is 11.6. The van der Waals surface area contributed by atoms with Crippen molar-refractivity contribution in [3.63, 3.8) is 0 Å². The lowest BCUT2D eigenvalue weighted by atomic mass is 10.2. The summed E-state index contributed by atoms with van der Waals surface area (Å²) < 4.78 is 56.5. The van der Waals surface area contributed by atoms with E-state index in [1.807, 2.05) is 0 Å². The molecule has 0 saturated carbocycles. The third-order valence-corrected chi connectivity index (χ3v) is 9.91. The minimum absolute atomic E-state index is 0. The van der Waals surface area contributed by atoms with Gasteiger partial charge in [-0.3, -0.25) is 22.8 Å². The predicted molar refractivity (Wildman–Crippen MR) is 91.3 cm³/mol. The molecule has 0 aliphatic carbocycles. The van der Waals surface area contributed by atoms with Crippen LogP contribution in [0.5, 0.6) is 0 Å². The van der Waals surface area contributed by atoms with Gasteiger partial charge in [0.25, 0.3) is 0 Å². The van der Waals surface area contributed by atoms with E-state index in [2.05, 4.69) is 0 Å². The predicted octanol–water partition coefficient (Wildman–Crippen LogP) is -3.20. The molecule has 26 heavy (non-hydrogen) atoms. The van der Waals surface area contributed by atoms with E-state index in [9.17, 15) is 32.6 Å². The highest BCUT2D eigenvalue weighted by molar-refractivity contribution is 7.62. The van der Waals surface area contributed by atoms with Crippen LogP contribution in [0.4, 0.5) is 0 Å². The lowest BCUT2D eigenvalue weighted by molar-refractivity contribution is 0.306. The van der Waals surface area contributed by atoms with Crippen LogP contribution in [0.2, 0.25) is 0 Å². The molecule has 0 aromatic carbocycles. The van der Waals surface area contributed by atoms with E-state index in [0.717, 1.165) is 0 Å². The second kappa shape index (κ2) is 9.09. The quantitative estimate of drug-likeness (QED) is 0.113. The number of hydrogen-bond donors (Lipinski definition) is 10. The Kier molecular flexibility index (Phi) is 10.1. The fraction of sp³-hybridized carbons (Fsp3) is 1.00. The first-order valence-electron chi connectivity index (χ1n) is 5.80. The van der Waals surface area contributed by atoms with Crippen molar-refractivity contribution >= 4 is 46.4 Å². The normalized spacial score (nSPS) is 17.9. The van der Waals surface area contributed by atoms with E-state index in [4.69, 9.17) is 39.1 Å². The van der Waals surface area contributed by atoms with Gasteiger partial charge in [0, 0.05) is 0 Å². The fourth-order valence-corrected chi connectivity index (χ4v) is 11.3. The molecule has 2 unspecified atom stereocenters. The van der Waals surface area contributed by atoms with Crippen LogP contribution in [0.25, 0.3) is 0 Å². The molecule has 0 spiro atoms. The molecule has 0 bridgehead atoms. The molecule has 0 aromatic rings. The lowest BCUT2D eigenvalue weighted by Gasteiger charge is -2.34. The van der Waals surface area contributed by atoms with Gasteiger partial charge in [-0.1, -0.05) is 0 Å². The van der Waals surface area contributed by atoms with E-state index in [1.54, 1.807) is 0 Å². The van der Waals surface area contributed by atoms with Gasteiger partial charge in [0.05, 0.1) is 37.7 Å². The molecule has 0 saturated heterocycles. The van der Waals surface area contributed by atoms with E-state index in [0.29, 0.717) is 0 Å². The molecule has 2 atom stereocenters. The molecule has 15 nitrogen and oxygen atoms in total. The highest BCUT2D eigenvalue weighted by Crippen LogP contribution is 2.65. The monoisotopic (exact) mass is 486 g/mol. The summed E-state index contributed by atoms with van der Waals surface area (Å²) in [5.74, 6) is 0. The molecular weight excluding hydrogens is 466 g/mol. The fourth-order valence-electron chi connectivity index (χ4n) is 2.02. The van der Waals surface area contributed by atoms with Crippen molar-refractivity contribution in [3.05, 3.63) is 0 Å². The zero-order chi connectivity index (χ0) is 20.6. The van der Waals surface area contributed by atoms with Gasteiger partial charge in [-0.2, -0.15) is 0 Å². The summed E-state index contributed by atoms with van der Waals surface area (Å²) in [4.78, 5) is 90.6.